The second-order valence-electron chi connectivity index (χ2n) is 13.3. The highest BCUT2D eigenvalue weighted by Gasteiger charge is 2.42. The number of hydrogen-bond acceptors (Lipinski definition) is 7. The van der Waals surface area contributed by atoms with Gasteiger partial charge in [0.25, 0.3) is 5.56 Å². The van der Waals surface area contributed by atoms with Crippen LogP contribution in [0.4, 0.5) is 0 Å². The molecule has 4 rings (SSSR count). The van der Waals surface area contributed by atoms with Crippen LogP contribution in [0.1, 0.15) is 269 Å². The fourth-order valence-electron chi connectivity index (χ4n) is 6.39. The molecule has 1 N–H and O–H groups in total. The minimum absolute atomic E-state index is 0. The lowest BCUT2D eigenvalue weighted by atomic mass is 9.97. The molecule has 0 spiro atoms. The summed E-state index contributed by atoms with van der Waals surface area (Å²) in [6.07, 6.45) is 2.48. The molecule has 2 atom stereocenters. The van der Waals surface area contributed by atoms with E-state index in [1.54, 1.807) is 30.4 Å². The molecule has 1 aliphatic heterocycles. The number of aryl methyl sites for hydroxylation is 2. The van der Waals surface area contributed by atoms with Crippen LogP contribution < -0.4 is 10.3 Å². The number of hydrogen-bond donors (Lipinski definition) is 1. The van der Waals surface area contributed by atoms with Crippen molar-refractivity contribution in [1.82, 2.24) is 28.9 Å². The Kier molecular flexibility index (Phi) is 8.81. The third kappa shape index (κ3) is 6.26. The number of likely N-dealkylation sites (N-methyl/N-ethyl adjacent to an activating group) is 1. The smallest absolute Gasteiger partial charge is 0.277 e. The van der Waals surface area contributed by atoms with Gasteiger partial charge in [0.15, 0.2) is 6.93 Å². The summed E-state index contributed by atoms with van der Waals surface area (Å²) in [5, 5.41) is 4.63. The Bertz CT molecular complexity index is 1840. The Hall–Kier alpha value is -2.76. The van der Waals surface area contributed by atoms with Crippen molar-refractivity contribution in [2.24, 2.45) is 7.05 Å². The van der Waals surface area contributed by atoms with Crippen LogP contribution in [0.15, 0.2) is 21.8 Å². The number of piperazine rings is 1. The van der Waals surface area contributed by atoms with Gasteiger partial charge in [0.1, 0.15) is 22.7 Å². The minimum Gasteiger partial charge on any atom is -0.487 e. The lowest BCUT2D eigenvalue weighted by molar-refractivity contribution is 0.0165. The zero-order chi connectivity index (χ0) is 32.9. The molecule has 10 nitrogen and oxygen atoms in total. The number of nitrogens with zero attached hydrogens (tertiary/aromatic N) is 5. The van der Waals surface area contributed by atoms with Crippen molar-refractivity contribution in [3.63, 3.8) is 0 Å². The van der Waals surface area contributed by atoms with Gasteiger partial charge in [-0.05, 0) is 78.6 Å². The lowest BCUT2D eigenvalue weighted by Gasteiger charge is -2.50. The molecule has 2 unspecified atom stereocenters. The van der Waals surface area contributed by atoms with Crippen molar-refractivity contribution < 1.29 is 184 Å². The zero-order valence-corrected chi connectivity index (χ0v) is 28.6. The molecule has 0 amide bonds. The van der Waals surface area contributed by atoms with E-state index >= 15 is 0 Å². The predicted molar refractivity (Wildman–Crippen MR) is 424 cm³/mol. The zero-order valence-electron chi connectivity index (χ0n) is 28.8. The first kappa shape index (κ1) is 31.7. The molecular formula is C32H288N6O4S. The number of benzene rings is 1. The Balaban J connectivity index is -0.00000000163. The van der Waals surface area contributed by atoms with Crippen molar-refractivity contribution in [2.75, 3.05) is 19.6 Å². The molecule has 3 aromatic rings. The van der Waals surface area contributed by atoms with Crippen LogP contribution in [0.2, 0.25) is 1.41 Å². The van der Waals surface area contributed by atoms with Gasteiger partial charge in [-0.3, -0.25) is 14.4 Å². The second kappa shape index (κ2) is 12.0. The molecule has 1 fully saturated rings. The molecule has 1 saturated heterocycles. The SMILES string of the molecule is [2H]n1c(-c2cc(S(=O)(=O)N3CC(C)N(CC)C(C)(C)C3)c(C)cc2OC(C)(C)CC)nc2c(C(C)CCC)nn(C)c2c1=O.[HH].[HH].[HH].[HH].[HH].[HH].[HH].[HH].[HH].[HH].[HH].[HH].[HH].[HH].[HH].[HH].[HH].[HH].[HH].[HH].[HH].[HH].[HH].[HH].[HH].[HH].[HH].[HH].[HH].[HH].[HH].[HH].[HH].[HH].[HH].[HH].[HH].[HH].[HH].[HH].[HH].[HH].[HH].[HH].[HH].[HH].[HH].[HH].[HH].[HH].[HH].[HH].[HH].[HH].[HH].[HH].[HH].[HH].[HH].[HH].[HH].[HH].[HH].[HH].[HH].[HH].[HH].[HH].[HH].[HH].[HH].[HH].[HH].[HH].[HH].[HH].[HH].[HH].[HH].[HH].[HH].[HH].[HH].[HH].[HH].[HH].[HH].[HH].[HH].[HH].[HH].[HH].[HH].[HH].[HH].[HH].[HH].[HH].[HH].[HH].[HH].[HH].[HH].[HH].[HH].[HH].[HH].[HH].[HH].[HH].[HH].[HH].[HH].[HH].[HH].[HH].[HH].[HH].[HH]. The van der Waals surface area contributed by atoms with Crippen molar-refractivity contribution >= 4 is 21.1 Å². The maximum absolute atomic E-state index is 14.4. The molecule has 0 radical (unpaired) electrons. The van der Waals surface area contributed by atoms with Crippen LogP contribution in [0, 0.1) is 6.92 Å². The summed E-state index contributed by atoms with van der Waals surface area (Å²) in [7, 11) is -2.27. The van der Waals surface area contributed by atoms with Crippen LogP contribution in [0.5, 0.6) is 5.75 Å². The van der Waals surface area contributed by atoms with E-state index in [2.05, 4.69) is 51.5 Å². The maximum atomic E-state index is 14.4. The monoisotopic (exact) mass is 855 g/mol. The van der Waals surface area contributed by atoms with E-state index in [1.165, 1.54) is 4.68 Å². The molecule has 1 aliphatic rings. The van der Waals surface area contributed by atoms with Crippen molar-refractivity contribution in [1.29, 1.82) is 0 Å². The molecule has 476 valence electrons. The molecular weight excluding hydrogens is 564 g/mol. The Morgan fingerprint density at radius 3 is 2.53 bits per heavy atom. The normalized spacial score (nSPS) is 19.5. The average molecular weight is 856 g/mol. The van der Waals surface area contributed by atoms with E-state index in [0.717, 1.165) is 24.4 Å². The quantitative estimate of drug-likeness (QED) is 0.216. The van der Waals surface area contributed by atoms with Gasteiger partial charge in [-0.25, -0.2) is 13.4 Å². The average Bonchev–Trinajstić information content (AvgIpc) is 3.26. The van der Waals surface area contributed by atoms with Gasteiger partial charge in [-0.15, -0.1) is 0 Å². The van der Waals surface area contributed by atoms with E-state index in [4.69, 9.17) is 11.1 Å². The number of H-pyrrole nitrogens is 1. The number of fused-ring (bicyclic) bond motifs is 1. The van der Waals surface area contributed by atoms with E-state index in [0.29, 0.717) is 42.0 Å². The molecule has 0 bridgehead atoms. The third-order valence-electron chi connectivity index (χ3n) is 8.92. The topological polar surface area (TPSA) is 113 Å². The van der Waals surface area contributed by atoms with Gasteiger partial charge in [0, 0.05) is 207 Å². The van der Waals surface area contributed by atoms with Gasteiger partial charge in [0.05, 0.1) is 16.2 Å². The number of nitrogens with one attached hydrogen (secondary N) is 1. The Labute approximate surface area is 435 Å². The molecule has 2 aromatic heterocycles. The van der Waals surface area contributed by atoms with Crippen LogP contribution in [-0.2, 0) is 17.1 Å². The van der Waals surface area contributed by atoms with Gasteiger partial charge >= 0.3 is 0 Å². The summed E-state index contributed by atoms with van der Waals surface area (Å²) < 4.78 is 47.1. The molecule has 43 heavy (non-hydrogen) atoms. The van der Waals surface area contributed by atoms with Crippen LogP contribution >= 0.6 is 0 Å². The highest BCUT2D eigenvalue weighted by atomic mass is 32.2. The standard InChI is InChI=1S/C32H50N6O4S.119H2/c1-12-15-20(4)26-27-28(36(11)35-26)30(39)34-29(33-27)23-17-25(21(5)16-24(23)42-32(9,10)13-2)43(40,41)37-18-22(6)38(14-3)31(7,8)19-37;;;;;;;;;;;;;;;;;;;;;;;;;;;;;;;;;;;;;;;;;;;;;;;;;;;;;;;;;;;;;;;;;;;;;;;;;;;;;;;;;;;;;;;;;;;;;;;;;;;;;;;;;;;;;;;;;;;;;;;/h16-17,20,22H,12-15,18-19H2,1-11H3,(H,33,34,39);119*1H/i/hD. The summed E-state index contributed by atoms with van der Waals surface area (Å²) >= 11 is 0. The van der Waals surface area contributed by atoms with Crippen molar-refractivity contribution in [2.45, 2.75) is 116 Å². The van der Waals surface area contributed by atoms with E-state index in [-0.39, 0.29) is 209 Å². The minimum atomic E-state index is -3.96. The summed E-state index contributed by atoms with van der Waals surface area (Å²) in [5.41, 5.74) is 0.627. The number of rotatable bonds is 10. The Morgan fingerprint density at radius 1 is 1.28 bits per heavy atom. The first-order valence-electron chi connectivity index (χ1n) is 15.9. The summed E-state index contributed by atoms with van der Waals surface area (Å²) in [6.45, 7) is 21.6. The second-order valence-corrected chi connectivity index (χ2v) is 15.2. The van der Waals surface area contributed by atoms with Crippen molar-refractivity contribution in [3.05, 3.63) is 33.7 Å². The molecule has 3 heterocycles. The maximum Gasteiger partial charge on any atom is 0.277 e. The lowest BCUT2D eigenvalue weighted by Crippen LogP contribution is -2.63. The summed E-state index contributed by atoms with van der Waals surface area (Å²) in [5.74, 6) is 0.432. The fourth-order valence-corrected chi connectivity index (χ4v) is 8.30. The third-order valence-corrected chi connectivity index (χ3v) is 10.9. The van der Waals surface area contributed by atoms with Gasteiger partial charge in [-0.1, -0.05) is 34.1 Å². The number of aromatic amines is 1. The molecule has 0 aliphatic carbocycles. The predicted octanol–water partition coefficient (Wildman–Crippen LogP) is 34.9. The van der Waals surface area contributed by atoms with Gasteiger partial charge < -0.3 is 9.71 Å². The van der Waals surface area contributed by atoms with E-state index in [9.17, 15) is 13.2 Å². The highest BCUT2D eigenvalue weighted by Crippen LogP contribution is 2.38. The van der Waals surface area contributed by atoms with Gasteiger partial charge in [-0.2, -0.15) is 9.40 Å². The van der Waals surface area contributed by atoms with Gasteiger partial charge in [0.2, 0.25) is 10.0 Å². The Morgan fingerprint density at radius 2 is 1.95 bits per heavy atom. The van der Waals surface area contributed by atoms with Crippen LogP contribution in [0.3, 0.4) is 0 Å². The molecule has 0 saturated carbocycles. The molecule has 1 aromatic carbocycles. The largest absolute Gasteiger partial charge is 0.487 e. The van der Waals surface area contributed by atoms with Crippen LogP contribution in [0.25, 0.3) is 22.4 Å². The molecule has 11 heteroatoms. The number of ether oxygens (including phenoxy) is 1. The highest BCUT2D eigenvalue weighted by molar-refractivity contribution is 7.89. The first-order valence-corrected chi connectivity index (χ1v) is 16.9. The fraction of sp³-hybridized carbons (Fsp3) is 0.656. The number of aromatic nitrogens is 4. The number of sulfonamides is 1. The van der Waals surface area contributed by atoms with E-state index in [1.807, 2.05) is 20.8 Å². The van der Waals surface area contributed by atoms with Crippen LogP contribution in [-0.4, -0.2) is 74.2 Å². The summed E-state index contributed by atoms with van der Waals surface area (Å²) in [6, 6.07) is 3.28. The summed E-state index contributed by atoms with van der Waals surface area (Å²) in [4.78, 5) is 21.7. The van der Waals surface area contributed by atoms with E-state index < -0.39 is 21.2 Å². The first-order chi connectivity index (χ1) is 20.4. The van der Waals surface area contributed by atoms with Crippen molar-refractivity contribution in [3.8, 4) is 17.1 Å².